The quantitative estimate of drug-likeness (QED) is 0.644. The van der Waals surface area contributed by atoms with Gasteiger partial charge in [0, 0.05) is 11.1 Å². The Labute approximate surface area is 119 Å². The number of hydrogen-bond acceptors (Lipinski definition) is 4. The first-order chi connectivity index (χ1) is 9.79. The van der Waals surface area contributed by atoms with Gasteiger partial charge in [-0.1, -0.05) is 23.7 Å². The van der Waals surface area contributed by atoms with Crippen LogP contribution in [0.25, 0.3) is 0 Å². The lowest BCUT2D eigenvalue weighted by Crippen LogP contribution is -2.35. The van der Waals surface area contributed by atoms with E-state index in [-0.39, 0.29) is 12.2 Å². The number of oxime groups is 1. The Morgan fingerprint density at radius 2 is 1.95 bits per heavy atom. The highest BCUT2D eigenvalue weighted by Gasteiger charge is 2.27. The van der Waals surface area contributed by atoms with E-state index in [1.165, 1.54) is 0 Å². The van der Waals surface area contributed by atoms with E-state index in [1.807, 2.05) is 18.2 Å². The lowest BCUT2D eigenvalue weighted by atomic mass is 9.89. The second-order valence-corrected chi connectivity index (χ2v) is 5.69. The molecular formula is C16H21NO3. The van der Waals surface area contributed by atoms with E-state index in [0.29, 0.717) is 0 Å². The summed E-state index contributed by atoms with van der Waals surface area (Å²) in [5, 5.41) is 22.5. The summed E-state index contributed by atoms with van der Waals surface area (Å²) in [6.45, 7) is 0. The zero-order chi connectivity index (χ0) is 13.9. The van der Waals surface area contributed by atoms with E-state index in [0.717, 1.165) is 67.5 Å². The zero-order valence-electron chi connectivity index (χ0n) is 11.6. The number of ether oxygens (including phenoxy) is 1. The highest BCUT2D eigenvalue weighted by Crippen LogP contribution is 2.32. The van der Waals surface area contributed by atoms with Crippen molar-refractivity contribution in [3.8, 4) is 5.75 Å². The molecule has 0 amide bonds. The van der Waals surface area contributed by atoms with Crippen molar-refractivity contribution >= 4 is 5.71 Å². The van der Waals surface area contributed by atoms with Gasteiger partial charge in [0.2, 0.25) is 0 Å². The molecule has 4 nitrogen and oxygen atoms in total. The Kier molecular flexibility index (Phi) is 3.92. The Hall–Kier alpha value is -1.55. The smallest absolute Gasteiger partial charge is 0.124 e. The molecular weight excluding hydrogens is 254 g/mol. The largest absolute Gasteiger partial charge is 0.487 e. The fourth-order valence-electron chi connectivity index (χ4n) is 3.25. The second-order valence-electron chi connectivity index (χ2n) is 5.69. The molecule has 1 fully saturated rings. The first kappa shape index (κ1) is 13.4. The molecule has 0 aliphatic heterocycles. The average molecular weight is 275 g/mol. The number of nitrogens with zero attached hydrogens (tertiary/aromatic N) is 1. The predicted octanol–water partition coefficient (Wildman–Crippen LogP) is 2.88. The van der Waals surface area contributed by atoms with Crippen LogP contribution < -0.4 is 4.74 Å². The molecule has 2 N–H and O–H groups in total. The highest BCUT2D eigenvalue weighted by atomic mass is 16.5. The van der Waals surface area contributed by atoms with Crippen LogP contribution in [-0.4, -0.2) is 28.2 Å². The van der Waals surface area contributed by atoms with Crippen LogP contribution >= 0.6 is 0 Å². The van der Waals surface area contributed by atoms with Crippen LogP contribution in [0.1, 0.15) is 49.7 Å². The van der Waals surface area contributed by atoms with Crippen LogP contribution in [0, 0.1) is 0 Å². The minimum Gasteiger partial charge on any atom is -0.487 e. The van der Waals surface area contributed by atoms with E-state index in [4.69, 9.17) is 9.94 Å². The molecule has 1 saturated carbocycles. The summed E-state index contributed by atoms with van der Waals surface area (Å²) >= 11 is 0. The van der Waals surface area contributed by atoms with Gasteiger partial charge in [0.05, 0.1) is 11.8 Å². The summed E-state index contributed by atoms with van der Waals surface area (Å²) in [6.07, 6.45) is 6.16. The summed E-state index contributed by atoms with van der Waals surface area (Å²) in [5.41, 5.74) is 2.84. The third-order valence-electron chi connectivity index (χ3n) is 4.35. The topological polar surface area (TPSA) is 62.1 Å². The van der Waals surface area contributed by atoms with Crippen LogP contribution in [0.2, 0.25) is 0 Å². The molecule has 0 heterocycles. The SMILES string of the molecule is ON=C1CCCc2c(OC3CCCCC3O)cccc21. The van der Waals surface area contributed by atoms with Gasteiger partial charge in [0.15, 0.2) is 0 Å². The van der Waals surface area contributed by atoms with Crippen molar-refractivity contribution < 1.29 is 15.1 Å². The zero-order valence-corrected chi connectivity index (χ0v) is 11.6. The second kappa shape index (κ2) is 5.83. The maximum absolute atomic E-state index is 10.0. The van der Waals surface area contributed by atoms with Gasteiger partial charge in [0.1, 0.15) is 11.9 Å². The first-order valence-corrected chi connectivity index (χ1v) is 7.47. The number of rotatable bonds is 2. The van der Waals surface area contributed by atoms with E-state index in [1.54, 1.807) is 0 Å². The van der Waals surface area contributed by atoms with E-state index < -0.39 is 0 Å². The lowest BCUT2D eigenvalue weighted by molar-refractivity contribution is 0.00637. The van der Waals surface area contributed by atoms with Gasteiger partial charge >= 0.3 is 0 Å². The Morgan fingerprint density at radius 3 is 2.75 bits per heavy atom. The maximum atomic E-state index is 10.0. The molecule has 20 heavy (non-hydrogen) atoms. The van der Waals surface area contributed by atoms with Gasteiger partial charge in [-0.25, -0.2) is 0 Å². The van der Waals surface area contributed by atoms with E-state index in [9.17, 15) is 5.11 Å². The molecule has 3 rings (SSSR count). The molecule has 2 atom stereocenters. The molecule has 2 aliphatic carbocycles. The number of hydrogen-bond donors (Lipinski definition) is 2. The van der Waals surface area contributed by atoms with Gasteiger partial charge < -0.3 is 15.1 Å². The molecule has 0 spiro atoms. The molecule has 0 aromatic heterocycles. The van der Waals surface area contributed by atoms with Gasteiger partial charge in [-0.2, -0.15) is 0 Å². The number of aliphatic hydroxyl groups is 1. The molecule has 4 heteroatoms. The van der Waals surface area contributed by atoms with Gasteiger partial charge in [-0.3, -0.25) is 0 Å². The fraction of sp³-hybridized carbons (Fsp3) is 0.562. The Balaban J connectivity index is 1.87. The molecule has 1 aromatic rings. The minimum absolute atomic E-state index is 0.105. The first-order valence-electron chi connectivity index (χ1n) is 7.47. The molecule has 108 valence electrons. The van der Waals surface area contributed by atoms with Crippen molar-refractivity contribution in [2.24, 2.45) is 5.16 Å². The van der Waals surface area contributed by atoms with Crippen LogP contribution in [-0.2, 0) is 6.42 Å². The van der Waals surface area contributed by atoms with Crippen molar-refractivity contribution in [2.45, 2.75) is 57.2 Å². The summed E-state index contributed by atoms with van der Waals surface area (Å²) in [6, 6.07) is 5.87. The maximum Gasteiger partial charge on any atom is 0.124 e. The Morgan fingerprint density at radius 1 is 1.10 bits per heavy atom. The van der Waals surface area contributed by atoms with Crippen LogP contribution in [0.15, 0.2) is 23.4 Å². The third kappa shape index (κ3) is 2.52. The van der Waals surface area contributed by atoms with Crippen molar-refractivity contribution in [3.63, 3.8) is 0 Å². The van der Waals surface area contributed by atoms with Crippen LogP contribution in [0.5, 0.6) is 5.75 Å². The summed E-state index contributed by atoms with van der Waals surface area (Å²) in [5.74, 6) is 0.842. The summed E-state index contributed by atoms with van der Waals surface area (Å²) in [4.78, 5) is 0. The number of fused-ring (bicyclic) bond motifs is 1. The normalized spacial score (nSPS) is 28.1. The van der Waals surface area contributed by atoms with E-state index >= 15 is 0 Å². The van der Waals surface area contributed by atoms with Crippen molar-refractivity contribution in [1.29, 1.82) is 0 Å². The van der Waals surface area contributed by atoms with Gasteiger partial charge in [-0.15, -0.1) is 0 Å². The number of benzene rings is 1. The van der Waals surface area contributed by atoms with Gasteiger partial charge in [0.25, 0.3) is 0 Å². The monoisotopic (exact) mass is 275 g/mol. The minimum atomic E-state index is -0.367. The van der Waals surface area contributed by atoms with E-state index in [2.05, 4.69) is 5.16 Å². The lowest BCUT2D eigenvalue weighted by Gasteiger charge is -2.30. The number of aliphatic hydroxyl groups excluding tert-OH is 1. The molecule has 1 aromatic carbocycles. The summed E-state index contributed by atoms with van der Waals surface area (Å²) < 4.78 is 6.07. The molecule has 0 radical (unpaired) electrons. The predicted molar refractivity (Wildman–Crippen MR) is 76.6 cm³/mol. The molecule has 0 saturated heterocycles. The van der Waals surface area contributed by atoms with Crippen LogP contribution in [0.3, 0.4) is 0 Å². The fourth-order valence-corrected chi connectivity index (χ4v) is 3.25. The molecule has 2 unspecified atom stereocenters. The van der Waals surface area contributed by atoms with Crippen molar-refractivity contribution in [1.82, 2.24) is 0 Å². The van der Waals surface area contributed by atoms with Crippen molar-refractivity contribution in [2.75, 3.05) is 0 Å². The third-order valence-corrected chi connectivity index (χ3v) is 4.35. The van der Waals surface area contributed by atoms with Crippen LogP contribution in [0.4, 0.5) is 0 Å². The summed E-state index contributed by atoms with van der Waals surface area (Å²) in [7, 11) is 0. The van der Waals surface area contributed by atoms with Gasteiger partial charge in [-0.05, 0) is 44.6 Å². The standard InChI is InChI=1S/C16H21NO3/c18-14-8-1-2-9-16(14)20-15-10-4-5-11-12(15)6-3-7-13(11)17-19/h4-5,10,14,16,18-19H,1-3,6-9H2. The average Bonchev–Trinajstić information content (AvgIpc) is 2.49. The molecule has 2 aliphatic rings. The molecule has 0 bridgehead atoms. The van der Waals surface area contributed by atoms with Crippen molar-refractivity contribution in [3.05, 3.63) is 29.3 Å². The Bertz CT molecular complexity index is 512. The highest BCUT2D eigenvalue weighted by molar-refractivity contribution is 6.02.